The van der Waals surface area contributed by atoms with Gasteiger partial charge in [0.1, 0.15) is 5.69 Å². The number of amidine groups is 1. The number of nitro groups is 1. The molecule has 1 N–H and O–H groups in total. The molecule has 2 aliphatic heterocycles. The molecule has 0 saturated carbocycles. The number of anilines is 1. The number of β-amino-alcohol motifs (C(OH)–C–C–N with tert-alkyl or cyclic N) is 1. The normalized spacial score (nSPS) is 21.7. The van der Waals surface area contributed by atoms with Crippen LogP contribution >= 0.6 is 11.6 Å². The SMILES string of the molecule is O=[N+]([O-])c1ccc(C2(O)CN(c3ccc(Cl)cc3)C3=[N+]2CCCCC3)cc1.[Br-]. The third kappa shape index (κ3) is 3.66. The van der Waals surface area contributed by atoms with Crippen LogP contribution < -0.4 is 21.9 Å². The van der Waals surface area contributed by atoms with Crippen LogP contribution in [0.3, 0.4) is 0 Å². The van der Waals surface area contributed by atoms with E-state index >= 15 is 0 Å². The van der Waals surface area contributed by atoms with Gasteiger partial charge < -0.3 is 22.1 Å². The van der Waals surface area contributed by atoms with Crippen LogP contribution in [-0.2, 0) is 5.72 Å². The van der Waals surface area contributed by atoms with Crippen molar-refractivity contribution in [2.24, 2.45) is 0 Å². The highest BCUT2D eigenvalue weighted by atomic mass is 79.9. The first-order valence-corrected chi connectivity index (χ1v) is 9.51. The molecule has 148 valence electrons. The fourth-order valence-corrected chi connectivity index (χ4v) is 4.15. The quantitative estimate of drug-likeness (QED) is 0.415. The van der Waals surface area contributed by atoms with Gasteiger partial charge in [0.05, 0.1) is 11.5 Å². The lowest BCUT2D eigenvalue weighted by Gasteiger charge is -2.23. The van der Waals surface area contributed by atoms with Gasteiger partial charge in [-0.2, -0.15) is 0 Å². The summed E-state index contributed by atoms with van der Waals surface area (Å²) >= 11 is 6.03. The van der Waals surface area contributed by atoms with Gasteiger partial charge in [-0.1, -0.05) is 11.6 Å². The van der Waals surface area contributed by atoms with Crippen LogP contribution in [0.4, 0.5) is 11.4 Å². The van der Waals surface area contributed by atoms with Gasteiger partial charge in [0.15, 0.2) is 6.54 Å². The van der Waals surface area contributed by atoms with Gasteiger partial charge in [-0.25, -0.2) is 9.48 Å². The van der Waals surface area contributed by atoms with Gasteiger partial charge in [-0.05, 0) is 55.7 Å². The molecule has 2 aromatic carbocycles. The Bertz CT molecular complexity index is 902. The summed E-state index contributed by atoms with van der Waals surface area (Å²) in [6, 6.07) is 13.8. The predicted molar refractivity (Wildman–Crippen MR) is 104 cm³/mol. The number of nitrogens with zero attached hydrogens (tertiary/aromatic N) is 3. The van der Waals surface area contributed by atoms with E-state index in [-0.39, 0.29) is 22.7 Å². The molecule has 0 aromatic heterocycles. The summed E-state index contributed by atoms with van der Waals surface area (Å²) < 4.78 is 2.07. The van der Waals surface area contributed by atoms with Gasteiger partial charge in [-0.3, -0.25) is 10.1 Å². The third-order valence-electron chi connectivity index (χ3n) is 5.41. The van der Waals surface area contributed by atoms with E-state index in [0.717, 1.165) is 43.8 Å². The Labute approximate surface area is 179 Å². The first kappa shape index (κ1) is 20.8. The van der Waals surface area contributed by atoms with Crippen molar-refractivity contribution in [3.8, 4) is 0 Å². The van der Waals surface area contributed by atoms with E-state index in [9.17, 15) is 15.2 Å². The number of rotatable bonds is 3. The summed E-state index contributed by atoms with van der Waals surface area (Å²) in [5, 5.41) is 23.3. The van der Waals surface area contributed by atoms with Gasteiger partial charge in [0.2, 0.25) is 0 Å². The maximum atomic E-state index is 11.7. The van der Waals surface area contributed by atoms with Crippen molar-refractivity contribution in [3.05, 3.63) is 69.2 Å². The first-order chi connectivity index (χ1) is 13.0. The minimum absolute atomic E-state index is 0. The average Bonchev–Trinajstić information content (AvgIpc) is 2.83. The number of aliphatic hydroxyl groups is 1. The van der Waals surface area contributed by atoms with Gasteiger partial charge in [-0.15, -0.1) is 0 Å². The molecule has 28 heavy (non-hydrogen) atoms. The van der Waals surface area contributed by atoms with E-state index in [1.54, 1.807) is 12.1 Å². The molecule has 1 atom stereocenters. The molecule has 0 spiro atoms. The zero-order valence-electron chi connectivity index (χ0n) is 15.2. The third-order valence-corrected chi connectivity index (χ3v) is 5.66. The van der Waals surface area contributed by atoms with Crippen molar-refractivity contribution >= 4 is 28.8 Å². The summed E-state index contributed by atoms with van der Waals surface area (Å²) in [5.41, 5.74) is 0.465. The second-order valence-electron chi connectivity index (χ2n) is 7.06. The molecule has 0 amide bonds. The summed E-state index contributed by atoms with van der Waals surface area (Å²) in [4.78, 5) is 12.7. The highest BCUT2D eigenvalue weighted by Gasteiger charge is 2.52. The Morgan fingerprint density at radius 1 is 1.07 bits per heavy atom. The van der Waals surface area contributed by atoms with E-state index in [1.807, 2.05) is 24.3 Å². The zero-order chi connectivity index (χ0) is 19.0. The van der Waals surface area contributed by atoms with E-state index in [1.165, 1.54) is 12.1 Å². The molecule has 0 aliphatic carbocycles. The molecule has 4 rings (SSSR count). The van der Waals surface area contributed by atoms with E-state index in [0.29, 0.717) is 17.1 Å². The highest BCUT2D eigenvalue weighted by molar-refractivity contribution is 6.30. The van der Waals surface area contributed by atoms with E-state index < -0.39 is 10.6 Å². The van der Waals surface area contributed by atoms with Crippen LogP contribution in [0.25, 0.3) is 0 Å². The molecule has 2 aromatic rings. The first-order valence-electron chi connectivity index (χ1n) is 9.13. The molecule has 1 unspecified atom stereocenters. The maximum absolute atomic E-state index is 11.7. The molecule has 8 heteroatoms. The van der Waals surface area contributed by atoms with Crippen molar-refractivity contribution in [3.63, 3.8) is 0 Å². The van der Waals surface area contributed by atoms with Gasteiger partial charge in [0, 0.05) is 29.1 Å². The summed E-state index contributed by atoms with van der Waals surface area (Å²) in [5.74, 6) is 1.09. The van der Waals surface area contributed by atoms with E-state index in [4.69, 9.17) is 11.6 Å². The Morgan fingerprint density at radius 2 is 1.75 bits per heavy atom. The molecule has 0 saturated heterocycles. The molecule has 2 heterocycles. The van der Waals surface area contributed by atoms with Crippen LogP contribution in [0.5, 0.6) is 0 Å². The van der Waals surface area contributed by atoms with Gasteiger partial charge in [0.25, 0.3) is 17.2 Å². The number of hydrogen-bond acceptors (Lipinski definition) is 4. The zero-order valence-corrected chi connectivity index (χ0v) is 17.6. The van der Waals surface area contributed by atoms with Crippen molar-refractivity contribution in [2.45, 2.75) is 31.4 Å². The molecule has 0 radical (unpaired) electrons. The number of nitro benzene ring substituents is 1. The Kier molecular flexibility index (Phi) is 6.07. The predicted octanol–water partition coefficient (Wildman–Crippen LogP) is 0.902. The molecule has 0 bridgehead atoms. The Hall–Kier alpha value is -1.96. The lowest BCUT2D eigenvalue weighted by Crippen LogP contribution is -3.00. The minimum Gasteiger partial charge on any atom is -1.00 e. The maximum Gasteiger partial charge on any atom is 0.271 e. The second-order valence-corrected chi connectivity index (χ2v) is 7.50. The smallest absolute Gasteiger partial charge is 0.271 e. The average molecular weight is 467 g/mol. The Balaban J connectivity index is 0.00000225. The summed E-state index contributed by atoms with van der Waals surface area (Å²) in [6.07, 6.45) is 4.09. The van der Waals surface area contributed by atoms with Crippen molar-refractivity contribution in [2.75, 3.05) is 18.0 Å². The summed E-state index contributed by atoms with van der Waals surface area (Å²) in [7, 11) is 0. The molecular weight excluding hydrogens is 446 g/mol. The Morgan fingerprint density at radius 3 is 2.39 bits per heavy atom. The van der Waals surface area contributed by atoms with Crippen molar-refractivity contribution in [1.82, 2.24) is 0 Å². The van der Waals surface area contributed by atoms with Crippen molar-refractivity contribution in [1.29, 1.82) is 0 Å². The van der Waals surface area contributed by atoms with Crippen LogP contribution in [0.15, 0.2) is 48.5 Å². The molecule has 6 nitrogen and oxygen atoms in total. The van der Waals surface area contributed by atoms with Crippen LogP contribution in [0.2, 0.25) is 5.02 Å². The lowest BCUT2D eigenvalue weighted by atomic mass is 10.0. The fourth-order valence-electron chi connectivity index (χ4n) is 4.03. The number of hydrogen-bond donors (Lipinski definition) is 1. The van der Waals surface area contributed by atoms with Gasteiger partial charge >= 0.3 is 0 Å². The summed E-state index contributed by atoms with van der Waals surface area (Å²) in [6.45, 7) is 1.13. The van der Waals surface area contributed by atoms with Crippen molar-refractivity contribution < 1.29 is 31.6 Å². The molecular formula is C20H21BrClN3O3. The highest BCUT2D eigenvalue weighted by Crippen LogP contribution is 2.36. The van der Waals surface area contributed by atoms with Crippen LogP contribution in [0.1, 0.15) is 31.2 Å². The van der Waals surface area contributed by atoms with Crippen LogP contribution in [-0.4, -0.2) is 33.5 Å². The minimum atomic E-state index is -1.21. The standard InChI is InChI=1S/C20H21ClN3O3.BrH/c21-16-7-11-17(12-8-16)22-14-20(25,23-13-3-1-2-4-19(22)23)15-5-9-18(10-6-15)24(26)27;/h5-12,25H,1-4,13-14H2;1H/q+1;/p-1. The second kappa shape index (κ2) is 8.19. The lowest BCUT2D eigenvalue weighted by molar-refractivity contribution is -0.658. The number of benzene rings is 2. The number of non-ortho nitro benzene ring substituents is 1. The number of halogens is 2. The molecule has 2 aliphatic rings. The molecule has 0 fully saturated rings. The largest absolute Gasteiger partial charge is 1.00 e. The van der Waals surface area contributed by atoms with E-state index in [2.05, 4.69) is 9.48 Å². The fraction of sp³-hybridized carbons (Fsp3) is 0.350. The monoisotopic (exact) mass is 465 g/mol. The topological polar surface area (TPSA) is 69.6 Å². The van der Waals surface area contributed by atoms with Crippen LogP contribution in [0, 0.1) is 10.1 Å².